The number of carbonyl (C=O) groups excluding carboxylic acids is 1. The van der Waals surface area contributed by atoms with Crippen molar-refractivity contribution in [3.05, 3.63) is 77.4 Å². The molecule has 2 saturated heterocycles. The second kappa shape index (κ2) is 7.35. The number of carbonyl (C=O) groups is 1. The lowest BCUT2D eigenvalue weighted by atomic mass is 9.65. The minimum atomic E-state index is -0.768. The fourth-order valence-electron chi connectivity index (χ4n) is 6.72. The number of nitrogens with zero attached hydrogens (tertiary/aromatic N) is 1. The fraction of sp³-hybridized carbons (Fsp3) is 0.393. The summed E-state index contributed by atoms with van der Waals surface area (Å²) in [5, 5.41) is 2.36. The van der Waals surface area contributed by atoms with Crippen LogP contribution in [0.25, 0.3) is 10.8 Å². The minimum absolute atomic E-state index is 0.0352. The Labute approximate surface area is 189 Å². The average molecular weight is 428 g/mol. The number of piperidine rings is 1. The molecular formula is C28H29NO3. The summed E-state index contributed by atoms with van der Waals surface area (Å²) in [6, 6.07) is 21.6. The summed E-state index contributed by atoms with van der Waals surface area (Å²) in [7, 11) is 1.52. The Balaban J connectivity index is 1.64. The quantitative estimate of drug-likeness (QED) is 0.514. The van der Waals surface area contributed by atoms with Crippen LogP contribution in [0.4, 0.5) is 0 Å². The molecule has 6 rings (SSSR count). The van der Waals surface area contributed by atoms with Crippen molar-refractivity contribution in [2.75, 3.05) is 20.3 Å². The SMILES string of the molecule is COC(=O)[C@]12COc3ccc4ccccc4c3[C@H]1N1CCCC[C@H]1[C@H]2c1ccc(C)cc1. The molecule has 0 radical (unpaired) electrons. The van der Waals surface area contributed by atoms with E-state index in [1.807, 2.05) is 0 Å². The summed E-state index contributed by atoms with van der Waals surface area (Å²) < 4.78 is 12.0. The number of fused-ring (bicyclic) bond motifs is 7. The van der Waals surface area contributed by atoms with Gasteiger partial charge in [-0.1, -0.05) is 66.6 Å². The number of methoxy groups -OCH3 is 1. The molecule has 164 valence electrons. The molecule has 0 unspecified atom stereocenters. The number of benzene rings is 3. The van der Waals surface area contributed by atoms with Gasteiger partial charge in [-0.15, -0.1) is 0 Å². The molecule has 3 aliphatic rings. The standard InChI is InChI=1S/C28H29NO3/c1-18-10-12-20(13-11-18)25-22-9-5-6-16-29(22)26-24-21-8-4-3-7-19(21)14-15-23(24)32-17-28(25,26)27(30)31-2/h3-4,7-8,10-15,22,25-26H,5-6,9,16-17H2,1-2H3/t22-,25+,26+,28-/m0/s1. The first-order chi connectivity index (χ1) is 15.6. The van der Waals surface area contributed by atoms with Crippen molar-refractivity contribution in [2.24, 2.45) is 5.41 Å². The Kier molecular flexibility index (Phi) is 4.55. The van der Waals surface area contributed by atoms with Gasteiger partial charge in [0, 0.05) is 17.5 Å². The molecule has 0 amide bonds. The highest BCUT2D eigenvalue weighted by Crippen LogP contribution is 2.64. The van der Waals surface area contributed by atoms with Crippen LogP contribution in [0.1, 0.15) is 47.9 Å². The maximum absolute atomic E-state index is 13.8. The van der Waals surface area contributed by atoms with Gasteiger partial charge in [0.25, 0.3) is 0 Å². The first-order valence-corrected chi connectivity index (χ1v) is 11.7. The normalized spacial score (nSPS) is 29.0. The van der Waals surface area contributed by atoms with Gasteiger partial charge in [0.1, 0.15) is 17.8 Å². The largest absolute Gasteiger partial charge is 0.492 e. The van der Waals surface area contributed by atoms with E-state index in [1.165, 1.54) is 35.4 Å². The van der Waals surface area contributed by atoms with Crippen LogP contribution in [0.2, 0.25) is 0 Å². The smallest absolute Gasteiger partial charge is 0.317 e. The molecule has 3 aliphatic heterocycles. The Morgan fingerprint density at radius 3 is 2.69 bits per heavy atom. The lowest BCUT2D eigenvalue weighted by Gasteiger charge is -2.43. The number of ether oxygens (including phenoxy) is 2. The van der Waals surface area contributed by atoms with E-state index < -0.39 is 5.41 Å². The van der Waals surface area contributed by atoms with E-state index in [9.17, 15) is 4.79 Å². The molecule has 3 aromatic rings. The van der Waals surface area contributed by atoms with Crippen LogP contribution in [0.15, 0.2) is 60.7 Å². The number of hydrogen-bond acceptors (Lipinski definition) is 4. The van der Waals surface area contributed by atoms with E-state index in [2.05, 4.69) is 72.5 Å². The number of esters is 1. The van der Waals surface area contributed by atoms with E-state index in [1.54, 1.807) is 0 Å². The van der Waals surface area contributed by atoms with Gasteiger partial charge in [-0.05, 0) is 48.7 Å². The van der Waals surface area contributed by atoms with Crippen molar-refractivity contribution in [1.29, 1.82) is 0 Å². The molecule has 4 nitrogen and oxygen atoms in total. The Morgan fingerprint density at radius 1 is 1.06 bits per heavy atom. The molecule has 0 bridgehead atoms. The van der Waals surface area contributed by atoms with Crippen LogP contribution < -0.4 is 4.74 Å². The molecule has 4 atom stereocenters. The second-order valence-corrected chi connectivity index (χ2v) is 9.61. The van der Waals surface area contributed by atoms with Gasteiger partial charge in [0.15, 0.2) is 0 Å². The molecule has 0 spiro atoms. The van der Waals surface area contributed by atoms with Crippen LogP contribution in [-0.4, -0.2) is 37.2 Å². The highest BCUT2D eigenvalue weighted by atomic mass is 16.5. The zero-order valence-electron chi connectivity index (χ0n) is 18.7. The summed E-state index contributed by atoms with van der Waals surface area (Å²) in [6.07, 6.45) is 3.44. The van der Waals surface area contributed by atoms with E-state index in [-0.39, 0.29) is 17.9 Å². The molecule has 0 aromatic heterocycles. The predicted molar refractivity (Wildman–Crippen MR) is 125 cm³/mol. The highest BCUT2D eigenvalue weighted by molar-refractivity contribution is 5.91. The second-order valence-electron chi connectivity index (χ2n) is 9.61. The predicted octanol–water partition coefficient (Wildman–Crippen LogP) is 5.39. The van der Waals surface area contributed by atoms with Crippen LogP contribution >= 0.6 is 0 Å². The average Bonchev–Trinajstić information content (AvgIpc) is 3.15. The Bertz CT molecular complexity index is 1190. The van der Waals surface area contributed by atoms with E-state index in [0.29, 0.717) is 12.6 Å². The molecule has 0 saturated carbocycles. The Hall–Kier alpha value is -2.85. The molecule has 3 heterocycles. The summed E-state index contributed by atoms with van der Waals surface area (Å²) in [5.74, 6) is 0.788. The van der Waals surface area contributed by atoms with Crippen molar-refractivity contribution in [2.45, 2.75) is 44.2 Å². The van der Waals surface area contributed by atoms with Crippen LogP contribution in [0.3, 0.4) is 0 Å². The molecule has 4 heteroatoms. The van der Waals surface area contributed by atoms with Gasteiger partial charge >= 0.3 is 5.97 Å². The fourth-order valence-corrected chi connectivity index (χ4v) is 6.72. The van der Waals surface area contributed by atoms with Crippen molar-refractivity contribution in [3.63, 3.8) is 0 Å². The van der Waals surface area contributed by atoms with Gasteiger partial charge in [0.05, 0.1) is 13.2 Å². The first-order valence-electron chi connectivity index (χ1n) is 11.7. The summed E-state index contributed by atoms with van der Waals surface area (Å²) in [5.41, 5.74) is 2.83. The molecule has 0 aliphatic carbocycles. The van der Waals surface area contributed by atoms with Crippen molar-refractivity contribution in [3.8, 4) is 5.75 Å². The molecular weight excluding hydrogens is 398 g/mol. The van der Waals surface area contributed by atoms with Crippen molar-refractivity contribution >= 4 is 16.7 Å². The lowest BCUT2D eigenvalue weighted by Crippen LogP contribution is -2.48. The van der Waals surface area contributed by atoms with Gasteiger partial charge in [-0.3, -0.25) is 9.69 Å². The third-order valence-electron chi connectivity index (χ3n) is 8.02. The maximum Gasteiger partial charge on any atom is 0.317 e. The molecule has 0 N–H and O–H groups in total. The monoisotopic (exact) mass is 427 g/mol. The van der Waals surface area contributed by atoms with Gasteiger partial charge in [-0.2, -0.15) is 0 Å². The third kappa shape index (κ3) is 2.62. The lowest BCUT2D eigenvalue weighted by molar-refractivity contribution is -0.159. The summed E-state index contributed by atoms with van der Waals surface area (Å²) in [6.45, 7) is 3.46. The van der Waals surface area contributed by atoms with Gasteiger partial charge < -0.3 is 9.47 Å². The van der Waals surface area contributed by atoms with E-state index >= 15 is 0 Å². The topological polar surface area (TPSA) is 38.8 Å². The summed E-state index contributed by atoms with van der Waals surface area (Å²) in [4.78, 5) is 16.4. The molecule has 2 fully saturated rings. The van der Waals surface area contributed by atoms with Crippen LogP contribution in [-0.2, 0) is 9.53 Å². The Morgan fingerprint density at radius 2 is 1.88 bits per heavy atom. The minimum Gasteiger partial charge on any atom is -0.492 e. The van der Waals surface area contributed by atoms with Gasteiger partial charge in [0.2, 0.25) is 0 Å². The first kappa shape index (κ1) is 19.8. The number of rotatable bonds is 2. The third-order valence-corrected chi connectivity index (χ3v) is 8.02. The van der Waals surface area contributed by atoms with Crippen molar-refractivity contribution < 1.29 is 14.3 Å². The van der Waals surface area contributed by atoms with E-state index in [4.69, 9.17) is 9.47 Å². The number of aryl methyl sites for hydroxylation is 1. The van der Waals surface area contributed by atoms with Crippen LogP contribution in [0.5, 0.6) is 5.75 Å². The van der Waals surface area contributed by atoms with Gasteiger partial charge in [-0.25, -0.2) is 0 Å². The maximum atomic E-state index is 13.8. The zero-order chi connectivity index (χ0) is 21.9. The zero-order valence-corrected chi connectivity index (χ0v) is 18.7. The van der Waals surface area contributed by atoms with Crippen LogP contribution in [0, 0.1) is 12.3 Å². The molecule has 32 heavy (non-hydrogen) atoms. The van der Waals surface area contributed by atoms with Crippen molar-refractivity contribution in [1.82, 2.24) is 4.90 Å². The number of hydrogen-bond donors (Lipinski definition) is 0. The highest BCUT2D eigenvalue weighted by Gasteiger charge is 2.67. The molecule has 3 aromatic carbocycles. The van der Waals surface area contributed by atoms with E-state index in [0.717, 1.165) is 30.7 Å². The summed E-state index contributed by atoms with van der Waals surface area (Å²) >= 11 is 0.